The number of carbonyl (C=O) groups excluding carboxylic acids is 1. The molecule has 3 nitrogen and oxygen atoms in total. The molecule has 0 saturated heterocycles. The van der Waals surface area contributed by atoms with Gasteiger partial charge in [-0.2, -0.15) is 0 Å². The highest BCUT2D eigenvalue weighted by Crippen LogP contribution is 2.73. The summed E-state index contributed by atoms with van der Waals surface area (Å²) >= 11 is 0. The normalized spacial score (nSPS) is 45.5. The lowest BCUT2D eigenvalue weighted by Gasteiger charge is -2.64. The fourth-order valence-electron chi connectivity index (χ4n) is 9.38. The van der Waals surface area contributed by atoms with E-state index in [1.165, 1.54) is 25.5 Å². The summed E-state index contributed by atoms with van der Waals surface area (Å²) in [4.78, 5) is 12.3. The Bertz CT molecular complexity index is 824. The van der Waals surface area contributed by atoms with Crippen LogP contribution in [0.1, 0.15) is 99.3 Å². The summed E-state index contributed by atoms with van der Waals surface area (Å²) < 4.78 is 0. The van der Waals surface area contributed by atoms with Crippen molar-refractivity contribution in [1.82, 2.24) is 0 Å². The van der Waals surface area contributed by atoms with Gasteiger partial charge in [0.25, 0.3) is 0 Å². The van der Waals surface area contributed by atoms with Gasteiger partial charge >= 0.3 is 0 Å². The summed E-state index contributed by atoms with van der Waals surface area (Å²) in [7, 11) is 0. The van der Waals surface area contributed by atoms with Gasteiger partial charge in [0.1, 0.15) is 6.29 Å². The van der Waals surface area contributed by atoms with E-state index in [0.717, 1.165) is 44.1 Å². The van der Waals surface area contributed by atoms with Crippen molar-refractivity contribution in [2.75, 3.05) is 6.61 Å². The minimum atomic E-state index is -0.192. The lowest BCUT2D eigenvalue weighted by atomic mass is 9.41. The highest BCUT2D eigenvalue weighted by Gasteiger charge is 2.65. The molecule has 0 aromatic heterocycles. The molecule has 0 amide bonds. The third-order valence-corrected chi connectivity index (χ3v) is 11.8. The largest absolute Gasteiger partial charge is 0.393 e. The minimum Gasteiger partial charge on any atom is -0.393 e. The van der Waals surface area contributed by atoms with Crippen LogP contribution in [-0.2, 0) is 4.79 Å². The molecule has 2 N–H and O–H groups in total. The van der Waals surface area contributed by atoms with E-state index in [-0.39, 0.29) is 40.3 Å². The van der Waals surface area contributed by atoms with Gasteiger partial charge in [0.2, 0.25) is 0 Å². The Labute approximate surface area is 202 Å². The van der Waals surface area contributed by atoms with Crippen LogP contribution in [0, 0.1) is 45.3 Å². The van der Waals surface area contributed by atoms with E-state index >= 15 is 0 Å². The molecule has 3 fully saturated rings. The van der Waals surface area contributed by atoms with Gasteiger partial charge in [0.15, 0.2) is 0 Å². The highest BCUT2D eigenvalue weighted by atomic mass is 16.3. The molecule has 186 valence electrons. The van der Waals surface area contributed by atoms with Crippen molar-refractivity contribution in [2.45, 2.75) is 105 Å². The van der Waals surface area contributed by atoms with E-state index in [1.807, 2.05) is 6.92 Å². The molecule has 0 aromatic carbocycles. The summed E-state index contributed by atoms with van der Waals surface area (Å²) in [6.07, 6.45) is 15.4. The van der Waals surface area contributed by atoms with Crippen LogP contribution in [0.3, 0.4) is 0 Å². The number of allylic oxidation sites excluding steroid dienone is 3. The molecular formula is C30H48O3. The lowest BCUT2D eigenvalue weighted by molar-refractivity contribution is -0.133. The number of aldehydes is 1. The molecule has 0 unspecified atom stereocenters. The van der Waals surface area contributed by atoms with Crippen LogP contribution in [0.15, 0.2) is 23.3 Å². The minimum absolute atomic E-state index is 0.0300. The Kier molecular flexibility index (Phi) is 6.58. The van der Waals surface area contributed by atoms with E-state index in [2.05, 4.69) is 46.8 Å². The number of rotatable bonds is 6. The van der Waals surface area contributed by atoms with Crippen LogP contribution in [0.4, 0.5) is 0 Å². The highest BCUT2D eigenvalue weighted by molar-refractivity contribution is 5.55. The average molecular weight is 457 g/mol. The second-order valence-electron chi connectivity index (χ2n) is 13.4. The second kappa shape index (κ2) is 8.63. The first-order valence-corrected chi connectivity index (χ1v) is 13.6. The molecule has 4 aliphatic carbocycles. The van der Waals surface area contributed by atoms with Crippen LogP contribution in [0.5, 0.6) is 0 Å². The maximum absolute atomic E-state index is 12.3. The number of aliphatic hydroxyl groups is 2. The monoisotopic (exact) mass is 456 g/mol. The van der Waals surface area contributed by atoms with Crippen molar-refractivity contribution in [3.63, 3.8) is 0 Å². The zero-order chi connectivity index (χ0) is 24.2. The molecule has 0 bridgehead atoms. The molecule has 3 saturated carbocycles. The Morgan fingerprint density at radius 3 is 2.52 bits per heavy atom. The number of fused-ring (bicyclic) bond motifs is 5. The molecule has 0 aromatic rings. The van der Waals surface area contributed by atoms with Crippen molar-refractivity contribution in [2.24, 2.45) is 45.3 Å². The van der Waals surface area contributed by atoms with Gasteiger partial charge in [0.05, 0.1) is 12.7 Å². The number of carbonyl (C=O) groups is 1. The molecule has 0 radical (unpaired) electrons. The Morgan fingerprint density at radius 2 is 1.85 bits per heavy atom. The Morgan fingerprint density at radius 1 is 1.12 bits per heavy atom. The van der Waals surface area contributed by atoms with Crippen LogP contribution in [0.2, 0.25) is 0 Å². The maximum atomic E-state index is 12.3. The van der Waals surface area contributed by atoms with Crippen LogP contribution < -0.4 is 0 Å². The summed E-state index contributed by atoms with van der Waals surface area (Å²) in [5, 5.41) is 20.1. The molecule has 4 aliphatic rings. The van der Waals surface area contributed by atoms with Crippen LogP contribution >= 0.6 is 0 Å². The number of hydrogen-bond acceptors (Lipinski definition) is 3. The van der Waals surface area contributed by atoms with Crippen molar-refractivity contribution in [3.05, 3.63) is 23.3 Å². The smallest absolute Gasteiger partial charge is 0.123 e. The van der Waals surface area contributed by atoms with Gasteiger partial charge in [-0.25, -0.2) is 0 Å². The SMILES string of the molecule is C/C(=C/CC[C@@H](C=O)[C@@H]1CC[C@]2(C)C3=CC[C@H]4C(C)(C)[C@H](O)CC[C@]4(C)[C@H]3CC[C@@]12C)CO. The zero-order valence-electron chi connectivity index (χ0n) is 22.0. The van der Waals surface area contributed by atoms with E-state index in [4.69, 9.17) is 0 Å². The molecule has 0 spiro atoms. The third kappa shape index (κ3) is 3.63. The van der Waals surface area contributed by atoms with Gasteiger partial charge in [0, 0.05) is 5.92 Å². The zero-order valence-corrected chi connectivity index (χ0v) is 22.0. The number of aliphatic hydroxyl groups excluding tert-OH is 2. The average Bonchev–Trinajstić information content (AvgIpc) is 3.05. The van der Waals surface area contributed by atoms with Gasteiger partial charge in [-0.05, 0) is 104 Å². The van der Waals surface area contributed by atoms with Gasteiger partial charge in [-0.15, -0.1) is 0 Å². The van der Waals surface area contributed by atoms with Gasteiger partial charge < -0.3 is 15.0 Å². The Balaban J connectivity index is 1.62. The van der Waals surface area contributed by atoms with Crippen LogP contribution in [0.25, 0.3) is 0 Å². The van der Waals surface area contributed by atoms with Crippen molar-refractivity contribution >= 4 is 6.29 Å². The van der Waals surface area contributed by atoms with Crippen LogP contribution in [-0.4, -0.2) is 29.2 Å². The topological polar surface area (TPSA) is 57.5 Å². The molecule has 3 heteroatoms. The predicted octanol–water partition coefficient (Wildman–Crippen LogP) is 6.49. The quantitative estimate of drug-likeness (QED) is 0.355. The molecule has 8 atom stereocenters. The first-order chi connectivity index (χ1) is 15.5. The van der Waals surface area contributed by atoms with E-state index in [0.29, 0.717) is 17.8 Å². The Hall–Kier alpha value is -0.930. The molecule has 0 aliphatic heterocycles. The predicted molar refractivity (Wildman–Crippen MR) is 135 cm³/mol. The summed E-state index contributed by atoms with van der Waals surface area (Å²) in [6, 6.07) is 0. The van der Waals surface area contributed by atoms with Gasteiger partial charge in [-0.3, -0.25) is 0 Å². The first-order valence-electron chi connectivity index (χ1n) is 13.6. The molecule has 33 heavy (non-hydrogen) atoms. The van der Waals surface area contributed by atoms with E-state index in [1.54, 1.807) is 5.57 Å². The maximum Gasteiger partial charge on any atom is 0.123 e. The third-order valence-electron chi connectivity index (χ3n) is 11.8. The van der Waals surface area contributed by atoms with Crippen molar-refractivity contribution in [3.8, 4) is 0 Å². The molecule has 4 rings (SSSR count). The van der Waals surface area contributed by atoms with E-state index < -0.39 is 0 Å². The summed E-state index contributed by atoms with van der Waals surface area (Å²) in [5.74, 6) is 1.70. The van der Waals surface area contributed by atoms with E-state index in [9.17, 15) is 15.0 Å². The standard InChI is InChI=1S/C30H48O3/c1-20(18-31)8-7-9-21(19-32)22-12-16-30(6)24-10-11-25-27(2,3)26(33)14-15-28(25,4)23(24)13-17-29(22,30)5/h8,10,19,21-23,25-26,31,33H,7,9,11-18H2,1-6H3/b20-8-/t21-,22-,23-,25-,26+,28+,29-,30+/m0/s1. The summed E-state index contributed by atoms with van der Waals surface area (Å²) in [6.45, 7) is 14.2. The molecule has 0 heterocycles. The molecular weight excluding hydrogens is 408 g/mol. The van der Waals surface area contributed by atoms with Crippen molar-refractivity contribution < 1.29 is 15.0 Å². The fraction of sp³-hybridized carbons (Fsp3) is 0.833. The first kappa shape index (κ1) is 25.2. The van der Waals surface area contributed by atoms with Crippen molar-refractivity contribution in [1.29, 1.82) is 0 Å². The fourth-order valence-corrected chi connectivity index (χ4v) is 9.38. The van der Waals surface area contributed by atoms with Gasteiger partial charge in [-0.1, -0.05) is 57.9 Å². The lowest BCUT2D eigenvalue weighted by Crippen LogP contribution is -2.58. The number of hydrogen-bond donors (Lipinski definition) is 2. The summed E-state index contributed by atoms with van der Waals surface area (Å²) in [5.41, 5.74) is 3.28. The second-order valence-corrected chi connectivity index (χ2v) is 13.4.